The number of ether oxygens (including phenoxy) is 1. The lowest BCUT2D eigenvalue weighted by molar-refractivity contribution is -0.385. The zero-order chi connectivity index (χ0) is 19.3. The Morgan fingerprint density at radius 3 is 2.42 bits per heavy atom. The lowest BCUT2D eigenvalue weighted by Crippen LogP contribution is -2.31. The van der Waals surface area contributed by atoms with Gasteiger partial charge in [-0.15, -0.1) is 0 Å². The molecule has 0 fully saturated rings. The van der Waals surface area contributed by atoms with Crippen LogP contribution < -0.4 is 9.46 Å². The highest BCUT2D eigenvalue weighted by Gasteiger charge is 2.22. The molecule has 0 aromatic heterocycles. The van der Waals surface area contributed by atoms with Gasteiger partial charge in [0.2, 0.25) is 15.8 Å². The van der Waals surface area contributed by atoms with Crippen molar-refractivity contribution < 1.29 is 18.1 Å². The molecule has 0 atom stereocenters. The number of nitro benzene ring substituents is 1. The molecule has 0 unspecified atom stereocenters. The number of benzene rings is 2. The molecule has 8 nitrogen and oxygen atoms in total. The highest BCUT2D eigenvalue weighted by Crippen LogP contribution is 2.33. The highest BCUT2D eigenvalue weighted by atomic mass is 35.5. The molecule has 0 bridgehead atoms. The molecule has 2 aromatic rings. The quantitative estimate of drug-likeness (QED) is 0.541. The van der Waals surface area contributed by atoms with Crippen molar-refractivity contribution in [2.75, 3.05) is 27.2 Å². The van der Waals surface area contributed by atoms with Gasteiger partial charge in [-0.1, -0.05) is 11.6 Å². The Morgan fingerprint density at radius 2 is 1.85 bits per heavy atom. The number of rotatable bonds is 8. The van der Waals surface area contributed by atoms with E-state index in [2.05, 4.69) is 4.72 Å². The standard InChI is InChI=1S/C16H18ClN3O5S/c1-19(2)10-9-18-26(23,24)14-7-8-16(15(11-14)20(21)22)25-13-5-3-12(17)4-6-13/h3-8,11,18H,9-10H2,1-2H3. The van der Waals surface area contributed by atoms with Gasteiger partial charge in [0.1, 0.15) is 5.75 Å². The molecule has 0 heterocycles. The SMILES string of the molecule is CN(C)CCNS(=O)(=O)c1ccc(Oc2ccc(Cl)cc2)c([N+](=O)[O-])c1. The van der Waals surface area contributed by atoms with Crippen LogP contribution in [0.1, 0.15) is 0 Å². The molecule has 0 radical (unpaired) electrons. The van der Waals surface area contributed by atoms with Crippen LogP contribution in [0.5, 0.6) is 11.5 Å². The first-order valence-corrected chi connectivity index (χ1v) is 9.41. The van der Waals surface area contributed by atoms with Crippen LogP contribution in [-0.2, 0) is 10.0 Å². The molecule has 0 aliphatic heterocycles. The van der Waals surface area contributed by atoms with Gasteiger partial charge in [-0.05, 0) is 50.5 Å². The molecule has 10 heteroatoms. The summed E-state index contributed by atoms with van der Waals surface area (Å²) in [6.07, 6.45) is 0. The third-order valence-electron chi connectivity index (χ3n) is 3.33. The minimum atomic E-state index is -3.86. The molecular weight excluding hydrogens is 382 g/mol. The molecule has 2 aromatic carbocycles. The number of likely N-dealkylation sites (N-methyl/N-ethyl adjacent to an activating group) is 1. The summed E-state index contributed by atoms with van der Waals surface area (Å²) in [5.41, 5.74) is -0.449. The van der Waals surface area contributed by atoms with Crippen molar-refractivity contribution in [3.63, 3.8) is 0 Å². The van der Waals surface area contributed by atoms with E-state index in [1.54, 1.807) is 24.3 Å². The Bertz CT molecular complexity index is 885. The molecule has 0 aliphatic carbocycles. The Hall–Kier alpha value is -2.20. The molecule has 26 heavy (non-hydrogen) atoms. The molecule has 0 aliphatic rings. The zero-order valence-electron chi connectivity index (χ0n) is 14.2. The van der Waals surface area contributed by atoms with Crippen LogP contribution in [0.25, 0.3) is 0 Å². The summed E-state index contributed by atoms with van der Waals surface area (Å²) in [5, 5.41) is 11.8. The van der Waals surface area contributed by atoms with Gasteiger partial charge in [-0.25, -0.2) is 13.1 Å². The van der Waals surface area contributed by atoms with Gasteiger partial charge in [0.15, 0.2) is 0 Å². The fourth-order valence-corrected chi connectivity index (χ4v) is 3.18. The molecular formula is C16H18ClN3O5S. The van der Waals surface area contributed by atoms with Crippen LogP contribution in [0.4, 0.5) is 5.69 Å². The van der Waals surface area contributed by atoms with E-state index in [4.69, 9.17) is 16.3 Å². The van der Waals surface area contributed by atoms with Gasteiger partial charge in [0.25, 0.3) is 0 Å². The van der Waals surface area contributed by atoms with Crippen molar-refractivity contribution >= 4 is 27.3 Å². The Kier molecular flexibility index (Phi) is 6.54. The molecule has 0 amide bonds. The normalized spacial score (nSPS) is 11.5. The van der Waals surface area contributed by atoms with Crippen LogP contribution in [0.15, 0.2) is 47.4 Å². The van der Waals surface area contributed by atoms with E-state index in [1.807, 2.05) is 19.0 Å². The second-order valence-electron chi connectivity index (χ2n) is 5.64. The van der Waals surface area contributed by atoms with Crippen molar-refractivity contribution in [3.05, 3.63) is 57.6 Å². The lowest BCUT2D eigenvalue weighted by atomic mass is 10.3. The minimum Gasteiger partial charge on any atom is -0.450 e. The first kappa shape index (κ1) is 20.1. The van der Waals surface area contributed by atoms with E-state index >= 15 is 0 Å². The average Bonchev–Trinajstić information content (AvgIpc) is 2.56. The number of hydrogen-bond donors (Lipinski definition) is 1. The van der Waals surface area contributed by atoms with Crippen molar-refractivity contribution in [2.45, 2.75) is 4.90 Å². The smallest absolute Gasteiger partial charge is 0.312 e. The van der Waals surface area contributed by atoms with Gasteiger partial charge in [0.05, 0.1) is 9.82 Å². The molecule has 0 saturated heterocycles. The Balaban J connectivity index is 2.27. The summed E-state index contributed by atoms with van der Waals surface area (Å²) in [5.74, 6) is 0.279. The fraction of sp³-hybridized carbons (Fsp3) is 0.250. The van der Waals surface area contributed by atoms with Crippen molar-refractivity contribution in [1.82, 2.24) is 9.62 Å². The number of halogens is 1. The third kappa shape index (κ3) is 5.40. The van der Waals surface area contributed by atoms with E-state index in [-0.39, 0.29) is 17.2 Å². The van der Waals surface area contributed by atoms with E-state index in [9.17, 15) is 18.5 Å². The summed E-state index contributed by atoms with van der Waals surface area (Å²) in [7, 11) is -0.246. The number of nitrogens with zero attached hydrogens (tertiary/aromatic N) is 2. The first-order valence-electron chi connectivity index (χ1n) is 7.55. The van der Waals surface area contributed by atoms with Crippen molar-refractivity contribution in [3.8, 4) is 11.5 Å². The van der Waals surface area contributed by atoms with Crippen molar-refractivity contribution in [2.24, 2.45) is 0 Å². The average molecular weight is 400 g/mol. The molecule has 2 rings (SSSR count). The van der Waals surface area contributed by atoms with Crippen LogP contribution >= 0.6 is 11.6 Å². The predicted molar refractivity (Wildman–Crippen MR) is 98.4 cm³/mol. The number of nitro groups is 1. The second kappa shape index (κ2) is 8.45. The Morgan fingerprint density at radius 1 is 1.19 bits per heavy atom. The zero-order valence-corrected chi connectivity index (χ0v) is 15.7. The van der Waals surface area contributed by atoms with Crippen LogP contribution in [0.3, 0.4) is 0 Å². The van der Waals surface area contributed by atoms with Gasteiger partial charge >= 0.3 is 5.69 Å². The maximum absolute atomic E-state index is 12.3. The number of hydrogen-bond acceptors (Lipinski definition) is 6. The maximum Gasteiger partial charge on any atom is 0.312 e. The first-order chi connectivity index (χ1) is 12.2. The Labute approximate surface area is 156 Å². The minimum absolute atomic E-state index is 0.0652. The van der Waals surface area contributed by atoms with Crippen molar-refractivity contribution in [1.29, 1.82) is 0 Å². The highest BCUT2D eigenvalue weighted by molar-refractivity contribution is 7.89. The second-order valence-corrected chi connectivity index (χ2v) is 7.85. The topological polar surface area (TPSA) is 102 Å². The monoisotopic (exact) mass is 399 g/mol. The number of nitrogens with one attached hydrogen (secondary N) is 1. The molecule has 0 saturated carbocycles. The summed E-state index contributed by atoms with van der Waals surface area (Å²) in [6.45, 7) is 0.686. The lowest BCUT2D eigenvalue weighted by Gasteiger charge is -2.12. The predicted octanol–water partition coefficient (Wildman–Crippen LogP) is 2.88. The summed E-state index contributed by atoms with van der Waals surface area (Å²) >= 11 is 5.79. The van der Waals surface area contributed by atoms with E-state index < -0.39 is 20.6 Å². The van der Waals surface area contributed by atoms with Crippen LogP contribution in [-0.4, -0.2) is 45.4 Å². The van der Waals surface area contributed by atoms with Crippen LogP contribution in [0.2, 0.25) is 5.02 Å². The summed E-state index contributed by atoms with van der Waals surface area (Å²) in [4.78, 5) is 12.3. The summed E-state index contributed by atoms with van der Waals surface area (Å²) in [6, 6.07) is 9.76. The maximum atomic E-state index is 12.3. The molecule has 0 spiro atoms. The fourth-order valence-electron chi connectivity index (χ4n) is 2.01. The third-order valence-corrected chi connectivity index (χ3v) is 5.04. The van der Waals surface area contributed by atoms with E-state index in [0.717, 1.165) is 6.07 Å². The van der Waals surface area contributed by atoms with Gasteiger partial charge in [-0.3, -0.25) is 10.1 Å². The molecule has 1 N–H and O–H groups in total. The van der Waals surface area contributed by atoms with E-state index in [0.29, 0.717) is 17.3 Å². The van der Waals surface area contributed by atoms with Gasteiger partial charge < -0.3 is 9.64 Å². The largest absolute Gasteiger partial charge is 0.450 e. The van der Waals surface area contributed by atoms with Crippen LogP contribution in [0, 0.1) is 10.1 Å². The number of sulfonamides is 1. The van der Waals surface area contributed by atoms with Gasteiger partial charge in [-0.2, -0.15) is 0 Å². The molecule has 140 valence electrons. The summed E-state index contributed by atoms with van der Waals surface area (Å²) < 4.78 is 32.5. The van der Waals surface area contributed by atoms with Gasteiger partial charge in [0, 0.05) is 24.2 Å². The van der Waals surface area contributed by atoms with E-state index in [1.165, 1.54) is 12.1 Å².